The summed E-state index contributed by atoms with van der Waals surface area (Å²) in [5.41, 5.74) is 0.235. The van der Waals surface area contributed by atoms with Crippen molar-refractivity contribution in [3.8, 4) is 0 Å². The first-order valence-electron chi connectivity index (χ1n) is 8.49. The van der Waals surface area contributed by atoms with Crippen molar-refractivity contribution in [2.45, 2.75) is 11.8 Å². The predicted octanol–water partition coefficient (Wildman–Crippen LogP) is 4.34. The highest BCUT2D eigenvalue weighted by Gasteiger charge is 2.50. The number of carbonyl (C=O) groups is 2. The first-order chi connectivity index (χ1) is 13.5. The molecule has 2 heterocycles. The van der Waals surface area contributed by atoms with E-state index in [0.29, 0.717) is 27.6 Å². The van der Waals surface area contributed by atoms with Gasteiger partial charge in [-0.25, -0.2) is 9.18 Å². The third kappa shape index (κ3) is 2.77. The van der Waals surface area contributed by atoms with Crippen LogP contribution in [-0.2, 0) is 21.4 Å². The lowest BCUT2D eigenvalue weighted by molar-refractivity contribution is -0.119. The van der Waals surface area contributed by atoms with Gasteiger partial charge in [-0.05, 0) is 42.0 Å². The smallest absolute Gasteiger partial charge is 0.373 e. The SMILES string of the molecule is COC(=O)c1ccc(CC2(c3cccc(F)c3)C(=O)Nc3cccc(Cl)c32)o1. The number of nitrogens with one attached hydrogen (secondary N) is 1. The van der Waals surface area contributed by atoms with Gasteiger partial charge in [-0.1, -0.05) is 29.8 Å². The van der Waals surface area contributed by atoms with Crippen molar-refractivity contribution >= 4 is 29.2 Å². The van der Waals surface area contributed by atoms with Crippen LogP contribution in [0.2, 0.25) is 5.02 Å². The minimum Gasteiger partial charge on any atom is -0.463 e. The van der Waals surface area contributed by atoms with E-state index in [4.69, 9.17) is 16.0 Å². The zero-order valence-corrected chi connectivity index (χ0v) is 15.5. The van der Waals surface area contributed by atoms with Gasteiger partial charge in [0.15, 0.2) is 0 Å². The largest absolute Gasteiger partial charge is 0.463 e. The fourth-order valence-corrected chi connectivity index (χ4v) is 3.99. The van der Waals surface area contributed by atoms with Gasteiger partial charge in [-0.15, -0.1) is 0 Å². The Labute approximate surface area is 165 Å². The molecule has 1 aromatic heterocycles. The number of benzene rings is 2. The molecule has 1 atom stereocenters. The van der Waals surface area contributed by atoms with E-state index in [2.05, 4.69) is 10.1 Å². The number of fused-ring (bicyclic) bond motifs is 1. The number of methoxy groups -OCH3 is 1. The normalized spacial score (nSPS) is 17.9. The molecule has 1 unspecified atom stereocenters. The molecule has 0 spiro atoms. The molecule has 142 valence electrons. The Balaban J connectivity index is 1.91. The summed E-state index contributed by atoms with van der Waals surface area (Å²) in [6.45, 7) is 0. The van der Waals surface area contributed by atoms with Crippen LogP contribution in [0.1, 0.15) is 27.4 Å². The number of carbonyl (C=O) groups excluding carboxylic acids is 2. The summed E-state index contributed by atoms with van der Waals surface area (Å²) in [6, 6.07) is 14.0. The molecule has 0 saturated heterocycles. The van der Waals surface area contributed by atoms with E-state index >= 15 is 0 Å². The van der Waals surface area contributed by atoms with Crippen molar-refractivity contribution in [3.05, 3.63) is 88.1 Å². The topological polar surface area (TPSA) is 68.5 Å². The Bertz CT molecular complexity index is 1090. The van der Waals surface area contributed by atoms with Crippen molar-refractivity contribution in [3.63, 3.8) is 0 Å². The minimum atomic E-state index is -1.30. The van der Waals surface area contributed by atoms with Gasteiger partial charge < -0.3 is 14.5 Å². The molecule has 28 heavy (non-hydrogen) atoms. The van der Waals surface area contributed by atoms with Crippen LogP contribution in [0.3, 0.4) is 0 Å². The van der Waals surface area contributed by atoms with Crippen LogP contribution in [0.25, 0.3) is 0 Å². The van der Waals surface area contributed by atoms with Gasteiger partial charge in [0.05, 0.1) is 7.11 Å². The maximum absolute atomic E-state index is 14.0. The summed E-state index contributed by atoms with van der Waals surface area (Å²) in [7, 11) is 1.25. The van der Waals surface area contributed by atoms with E-state index < -0.39 is 17.2 Å². The van der Waals surface area contributed by atoms with Gasteiger partial charge in [-0.3, -0.25) is 4.79 Å². The van der Waals surface area contributed by atoms with Crippen molar-refractivity contribution < 1.29 is 23.1 Å². The molecule has 0 bridgehead atoms. The van der Waals surface area contributed by atoms with Crippen molar-refractivity contribution in [2.75, 3.05) is 12.4 Å². The van der Waals surface area contributed by atoms with Gasteiger partial charge in [0, 0.05) is 22.7 Å². The van der Waals surface area contributed by atoms with Gasteiger partial charge >= 0.3 is 5.97 Å². The number of furan rings is 1. The molecule has 1 N–H and O–H groups in total. The Hall–Kier alpha value is -3.12. The monoisotopic (exact) mass is 399 g/mol. The fourth-order valence-electron chi connectivity index (χ4n) is 3.65. The van der Waals surface area contributed by atoms with Gasteiger partial charge in [0.1, 0.15) is 17.0 Å². The number of esters is 1. The number of halogens is 2. The summed E-state index contributed by atoms with van der Waals surface area (Å²) in [5.74, 6) is -1.06. The third-order valence-corrected chi connectivity index (χ3v) is 5.20. The van der Waals surface area contributed by atoms with E-state index in [1.807, 2.05) is 0 Å². The van der Waals surface area contributed by atoms with Crippen LogP contribution < -0.4 is 5.32 Å². The number of hydrogen-bond donors (Lipinski definition) is 1. The van der Waals surface area contributed by atoms with Crippen molar-refractivity contribution in [1.29, 1.82) is 0 Å². The quantitative estimate of drug-likeness (QED) is 0.663. The van der Waals surface area contributed by atoms with Gasteiger partial charge in [0.25, 0.3) is 0 Å². The lowest BCUT2D eigenvalue weighted by Crippen LogP contribution is -2.38. The van der Waals surface area contributed by atoms with Crippen molar-refractivity contribution in [1.82, 2.24) is 0 Å². The molecule has 1 amide bonds. The Kier molecular flexibility index (Phi) is 4.43. The second kappa shape index (κ2) is 6.80. The summed E-state index contributed by atoms with van der Waals surface area (Å²) >= 11 is 6.46. The fraction of sp³-hybridized carbons (Fsp3) is 0.143. The molecule has 4 rings (SSSR count). The highest BCUT2D eigenvalue weighted by Crippen LogP contribution is 2.48. The molecule has 5 nitrogen and oxygen atoms in total. The number of amides is 1. The van der Waals surface area contributed by atoms with Crippen LogP contribution in [0, 0.1) is 5.82 Å². The lowest BCUT2D eigenvalue weighted by Gasteiger charge is -2.28. The average Bonchev–Trinajstić information content (AvgIpc) is 3.25. The lowest BCUT2D eigenvalue weighted by atomic mass is 9.72. The summed E-state index contributed by atoms with van der Waals surface area (Å²) in [4.78, 5) is 24.9. The zero-order valence-electron chi connectivity index (χ0n) is 14.8. The van der Waals surface area contributed by atoms with E-state index in [0.717, 1.165) is 0 Å². The highest BCUT2D eigenvalue weighted by atomic mass is 35.5. The van der Waals surface area contributed by atoms with Crippen LogP contribution in [0.4, 0.5) is 10.1 Å². The van der Waals surface area contributed by atoms with Gasteiger partial charge in [0.2, 0.25) is 11.7 Å². The molecule has 0 radical (unpaired) electrons. The molecular weight excluding hydrogens is 385 g/mol. The maximum atomic E-state index is 14.0. The molecule has 7 heteroatoms. The molecular formula is C21H15ClFNO4. The highest BCUT2D eigenvalue weighted by molar-refractivity contribution is 6.33. The maximum Gasteiger partial charge on any atom is 0.373 e. The van der Waals surface area contributed by atoms with E-state index in [9.17, 15) is 14.0 Å². The summed E-state index contributed by atoms with van der Waals surface area (Å²) in [5, 5.41) is 3.20. The minimum absolute atomic E-state index is 0.0182. The first-order valence-corrected chi connectivity index (χ1v) is 8.87. The first kappa shape index (κ1) is 18.3. The summed E-state index contributed by atoms with van der Waals surface area (Å²) < 4.78 is 24.3. The standard InChI is InChI=1S/C21H15ClFNO4/c1-27-19(25)17-9-8-14(28-17)11-21(12-4-2-5-13(23)10-12)18-15(22)6-3-7-16(18)24-20(21)26/h2-10H,11H2,1H3,(H,24,26). The average molecular weight is 400 g/mol. The van der Waals surface area contributed by atoms with Crippen LogP contribution in [-0.4, -0.2) is 19.0 Å². The Morgan fingerprint density at radius 3 is 2.75 bits per heavy atom. The predicted molar refractivity (Wildman–Crippen MR) is 101 cm³/mol. The van der Waals surface area contributed by atoms with E-state index in [-0.39, 0.29) is 18.1 Å². The molecule has 0 fully saturated rings. The summed E-state index contributed by atoms with van der Waals surface area (Å²) in [6.07, 6.45) is 0.0516. The van der Waals surface area contributed by atoms with E-state index in [1.165, 1.54) is 31.4 Å². The molecule has 1 aliphatic heterocycles. The Morgan fingerprint density at radius 1 is 1.21 bits per heavy atom. The second-order valence-corrected chi connectivity index (χ2v) is 6.87. The Morgan fingerprint density at radius 2 is 2.00 bits per heavy atom. The second-order valence-electron chi connectivity index (χ2n) is 6.47. The number of anilines is 1. The molecule has 2 aromatic carbocycles. The molecule has 0 saturated carbocycles. The molecule has 1 aliphatic rings. The number of hydrogen-bond acceptors (Lipinski definition) is 4. The third-order valence-electron chi connectivity index (χ3n) is 4.88. The number of rotatable bonds is 4. The number of ether oxygens (including phenoxy) is 1. The van der Waals surface area contributed by atoms with Crippen LogP contribution >= 0.6 is 11.6 Å². The zero-order chi connectivity index (χ0) is 19.9. The molecule has 0 aliphatic carbocycles. The van der Waals surface area contributed by atoms with Crippen LogP contribution in [0.15, 0.2) is 59.0 Å². The van der Waals surface area contributed by atoms with E-state index in [1.54, 1.807) is 30.3 Å². The van der Waals surface area contributed by atoms with Gasteiger partial charge in [-0.2, -0.15) is 0 Å². The molecule has 3 aromatic rings. The van der Waals surface area contributed by atoms with Crippen molar-refractivity contribution in [2.24, 2.45) is 0 Å². The van der Waals surface area contributed by atoms with Crippen LogP contribution in [0.5, 0.6) is 0 Å².